The number of halogens is 2. The van der Waals surface area contributed by atoms with Crippen molar-refractivity contribution in [2.24, 2.45) is 5.10 Å². The van der Waals surface area contributed by atoms with Gasteiger partial charge in [0.1, 0.15) is 5.75 Å². The predicted octanol–water partition coefficient (Wildman–Crippen LogP) is 4.09. The molecule has 2 aromatic rings. The molecule has 0 aliphatic rings. The third-order valence-corrected chi connectivity index (χ3v) is 4.28. The molecule has 2 aromatic carbocycles. The first-order chi connectivity index (χ1) is 11.5. The molecular weight excluding hydrogens is 438 g/mol. The Morgan fingerprint density at radius 1 is 1.25 bits per heavy atom. The zero-order valence-corrected chi connectivity index (χ0v) is 16.4. The van der Waals surface area contributed by atoms with Crippen LogP contribution >= 0.6 is 31.9 Å². The Hall–Kier alpha value is -1.86. The molecule has 0 radical (unpaired) electrons. The van der Waals surface area contributed by atoms with E-state index in [9.17, 15) is 4.79 Å². The molecule has 0 aromatic heterocycles. The summed E-state index contributed by atoms with van der Waals surface area (Å²) < 4.78 is 6.84. The van der Waals surface area contributed by atoms with Crippen LogP contribution in [0, 0.1) is 6.92 Å². The molecule has 24 heavy (non-hydrogen) atoms. The maximum atomic E-state index is 11.8. The van der Waals surface area contributed by atoms with Crippen LogP contribution in [0.4, 0.5) is 5.69 Å². The Labute approximate surface area is 157 Å². The first-order valence-corrected chi connectivity index (χ1v) is 8.73. The zero-order valence-electron chi connectivity index (χ0n) is 13.3. The number of amides is 1. The first kappa shape index (κ1) is 18.5. The SMILES string of the molecule is COc1c(Br)cc(/C=N\NC(=O)CNc2cccc(C)c2)cc1Br. The molecule has 0 aliphatic heterocycles. The summed E-state index contributed by atoms with van der Waals surface area (Å²) in [5, 5.41) is 7.01. The van der Waals surface area contributed by atoms with Crippen LogP contribution in [-0.2, 0) is 4.79 Å². The van der Waals surface area contributed by atoms with Gasteiger partial charge in [0.2, 0.25) is 0 Å². The Morgan fingerprint density at radius 3 is 2.58 bits per heavy atom. The van der Waals surface area contributed by atoms with Gasteiger partial charge < -0.3 is 10.1 Å². The van der Waals surface area contributed by atoms with E-state index in [1.165, 1.54) is 0 Å². The maximum absolute atomic E-state index is 11.8. The van der Waals surface area contributed by atoms with Gasteiger partial charge in [0, 0.05) is 5.69 Å². The van der Waals surface area contributed by atoms with Gasteiger partial charge in [0.25, 0.3) is 5.91 Å². The fraction of sp³-hybridized carbons (Fsp3) is 0.176. The van der Waals surface area contributed by atoms with Gasteiger partial charge in [-0.25, -0.2) is 5.43 Å². The van der Waals surface area contributed by atoms with E-state index in [0.717, 1.165) is 25.8 Å². The molecule has 7 heteroatoms. The maximum Gasteiger partial charge on any atom is 0.259 e. The van der Waals surface area contributed by atoms with Gasteiger partial charge in [-0.1, -0.05) is 12.1 Å². The number of rotatable bonds is 6. The van der Waals surface area contributed by atoms with E-state index in [1.54, 1.807) is 13.3 Å². The fourth-order valence-electron chi connectivity index (χ4n) is 2.00. The molecule has 0 atom stereocenters. The average molecular weight is 455 g/mol. The summed E-state index contributed by atoms with van der Waals surface area (Å²) in [7, 11) is 1.60. The lowest BCUT2D eigenvalue weighted by atomic mass is 10.2. The Balaban J connectivity index is 1.88. The molecule has 2 rings (SSSR count). The monoisotopic (exact) mass is 453 g/mol. The van der Waals surface area contributed by atoms with Crippen LogP contribution < -0.4 is 15.5 Å². The molecule has 0 spiro atoms. The molecule has 5 nitrogen and oxygen atoms in total. The highest BCUT2D eigenvalue weighted by Crippen LogP contribution is 2.33. The van der Waals surface area contributed by atoms with Crippen molar-refractivity contribution < 1.29 is 9.53 Å². The molecule has 0 bridgehead atoms. The molecule has 0 fully saturated rings. The van der Waals surface area contributed by atoms with Gasteiger partial charge in [-0.3, -0.25) is 4.79 Å². The highest BCUT2D eigenvalue weighted by Gasteiger charge is 2.06. The summed E-state index contributed by atoms with van der Waals surface area (Å²) in [6.07, 6.45) is 1.57. The molecule has 0 unspecified atom stereocenters. The van der Waals surface area contributed by atoms with Gasteiger partial charge in [-0.15, -0.1) is 0 Å². The summed E-state index contributed by atoms with van der Waals surface area (Å²) in [5.41, 5.74) is 5.34. The standard InChI is InChI=1S/C17H17Br2N3O2/c1-11-4-3-5-13(6-11)20-10-16(23)22-21-9-12-7-14(18)17(24-2)15(19)8-12/h3-9,20H,10H2,1-2H3,(H,22,23)/b21-9-. The van der Waals surface area contributed by atoms with E-state index < -0.39 is 0 Å². The highest BCUT2D eigenvalue weighted by atomic mass is 79.9. The van der Waals surface area contributed by atoms with Crippen LogP contribution in [0.2, 0.25) is 0 Å². The second-order valence-electron chi connectivity index (χ2n) is 5.03. The van der Waals surface area contributed by atoms with E-state index >= 15 is 0 Å². The van der Waals surface area contributed by atoms with Crippen molar-refractivity contribution in [3.63, 3.8) is 0 Å². The lowest BCUT2D eigenvalue weighted by Gasteiger charge is -2.07. The Morgan fingerprint density at radius 2 is 1.96 bits per heavy atom. The second kappa shape index (κ2) is 8.84. The number of anilines is 1. The Kier molecular flexibility index (Phi) is 6.81. The smallest absolute Gasteiger partial charge is 0.259 e. The van der Waals surface area contributed by atoms with Crippen molar-refractivity contribution in [1.82, 2.24) is 5.43 Å². The van der Waals surface area contributed by atoms with Crippen molar-refractivity contribution in [1.29, 1.82) is 0 Å². The van der Waals surface area contributed by atoms with Crippen LogP contribution in [0.3, 0.4) is 0 Å². The summed E-state index contributed by atoms with van der Waals surface area (Å²) in [6.45, 7) is 2.15. The number of carbonyl (C=O) groups excluding carboxylic acids is 1. The van der Waals surface area contributed by atoms with E-state index in [2.05, 4.69) is 47.7 Å². The van der Waals surface area contributed by atoms with Crippen LogP contribution in [0.25, 0.3) is 0 Å². The Bertz CT molecular complexity index is 740. The number of carbonyl (C=O) groups is 1. The molecule has 2 N–H and O–H groups in total. The van der Waals surface area contributed by atoms with E-state index in [1.807, 2.05) is 43.3 Å². The number of hydrogen-bond donors (Lipinski definition) is 2. The van der Waals surface area contributed by atoms with Gasteiger partial charge >= 0.3 is 0 Å². The first-order valence-electron chi connectivity index (χ1n) is 7.15. The van der Waals surface area contributed by atoms with Crippen molar-refractivity contribution >= 4 is 49.7 Å². The molecule has 0 heterocycles. The van der Waals surface area contributed by atoms with Crippen molar-refractivity contribution in [2.75, 3.05) is 19.0 Å². The van der Waals surface area contributed by atoms with E-state index in [-0.39, 0.29) is 12.5 Å². The number of ether oxygens (including phenoxy) is 1. The van der Waals surface area contributed by atoms with Crippen LogP contribution in [0.5, 0.6) is 5.75 Å². The second-order valence-corrected chi connectivity index (χ2v) is 6.74. The topological polar surface area (TPSA) is 62.7 Å². The molecule has 0 saturated carbocycles. The number of methoxy groups -OCH3 is 1. The molecular formula is C17H17Br2N3O2. The van der Waals surface area contributed by atoms with E-state index in [4.69, 9.17) is 4.74 Å². The number of nitrogens with zero attached hydrogens (tertiary/aromatic N) is 1. The number of hydrazone groups is 1. The third kappa shape index (κ3) is 5.35. The largest absolute Gasteiger partial charge is 0.494 e. The summed E-state index contributed by atoms with van der Waals surface area (Å²) >= 11 is 6.84. The van der Waals surface area contributed by atoms with Crippen LogP contribution in [0.1, 0.15) is 11.1 Å². The minimum absolute atomic E-state index is 0.150. The third-order valence-electron chi connectivity index (χ3n) is 3.10. The number of aryl methyl sites for hydroxylation is 1. The fourth-order valence-corrected chi connectivity index (χ4v) is 3.55. The highest BCUT2D eigenvalue weighted by molar-refractivity contribution is 9.11. The van der Waals surface area contributed by atoms with Crippen LogP contribution in [-0.4, -0.2) is 25.8 Å². The molecule has 126 valence electrons. The summed E-state index contributed by atoms with van der Waals surface area (Å²) in [5.74, 6) is 0.484. The van der Waals surface area contributed by atoms with Gasteiger partial charge in [-0.2, -0.15) is 5.10 Å². The molecule has 1 amide bonds. The number of nitrogens with one attached hydrogen (secondary N) is 2. The minimum atomic E-state index is -0.223. The quantitative estimate of drug-likeness (QED) is 0.510. The summed E-state index contributed by atoms with van der Waals surface area (Å²) in [6, 6.07) is 11.5. The van der Waals surface area contributed by atoms with Gasteiger partial charge in [0.15, 0.2) is 0 Å². The lowest BCUT2D eigenvalue weighted by Crippen LogP contribution is -2.25. The lowest BCUT2D eigenvalue weighted by molar-refractivity contribution is -0.119. The minimum Gasteiger partial charge on any atom is -0.494 e. The van der Waals surface area contributed by atoms with Crippen molar-refractivity contribution in [3.8, 4) is 5.75 Å². The van der Waals surface area contributed by atoms with Gasteiger partial charge in [0.05, 0.1) is 28.8 Å². The number of benzene rings is 2. The van der Waals surface area contributed by atoms with Gasteiger partial charge in [-0.05, 0) is 74.2 Å². The van der Waals surface area contributed by atoms with Crippen LogP contribution in [0.15, 0.2) is 50.4 Å². The predicted molar refractivity (Wildman–Crippen MR) is 104 cm³/mol. The summed E-state index contributed by atoms with van der Waals surface area (Å²) in [4.78, 5) is 11.8. The molecule has 0 saturated heterocycles. The molecule has 0 aliphatic carbocycles. The zero-order chi connectivity index (χ0) is 17.5. The normalized spacial score (nSPS) is 10.7. The average Bonchev–Trinajstić information content (AvgIpc) is 2.53. The van der Waals surface area contributed by atoms with E-state index in [0.29, 0.717) is 5.75 Å². The van der Waals surface area contributed by atoms with Crippen molar-refractivity contribution in [2.45, 2.75) is 6.92 Å². The van der Waals surface area contributed by atoms with Crippen molar-refractivity contribution in [3.05, 3.63) is 56.5 Å². The number of hydrogen-bond acceptors (Lipinski definition) is 4.